The molecule has 1 aliphatic heterocycles. The molecule has 1 fully saturated rings. The van der Waals surface area contributed by atoms with Gasteiger partial charge in [-0.15, -0.1) is 0 Å². The summed E-state index contributed by atoms with van der Waals surface area (Å²) in [6, 6.07) is 4.63. The molecule has 1 saturated heterocycles. The number of hydrogen-bond acceptors (Lipinski definition) is 4. The summed E-state index contributed by atoms with van der Waals surface area (Å²) < 4.78 is 19.0. The molecular formula is C15H17ClFN3O. The maximum Gasteiger partial charge on any atom is 0.226 e. The van der Waals surface area contributed by atoms with E-state index in [1.807, 2.05) is 0 Å². The lowest BCUT2D eigenvalue weighted by atomic mass is 9.95. The van der Waals surface area contributed by atoms with Crippen LogP contribution in [-0.4, -0.2) is 23.2 Å². The lowest BCUT2D eigenvalue weighted by Gasteiger charge is -2.20. The highest BCUT2D eigenvalue weighted by molar-refractivity contribution is 6.31. The highest BCUT2D eigenvalue weighted by Gasteiger charge is 2.18. The molecule has 1 N–H and O–H groups in total. The molecule has 0 amide bonds. The van der Waals surface area contributed by atoms with E-state index in [-0.39, 0.29) is 12.2 Å². The SMILES string of the molecule is Fc1cccc(Cl)c1Cc1noc(CC2CCNCC2)n1. The van der Waals surface area contributed by atoms with E-state index in [1.165, 1.54) is 6.07 Å². The summed E-state index contributed by atoms with van der Waals surface area (Å²) in [6.07, 6.45) is 3.29. The van der Waals surface area contributed by atoms with Crippen molar-refractivity contribution < 1.29 is 8.91 Å². The summed E-state index contributed by atoms with van der Waals surface area (Å²) in [6.45, 7) is 2.08. The molecule has 0 saturated carbocycles. The molecule has 0 bridgehead atoms. The molecular weight excluding hydrogens is 293 g/mol. The predicted octanol–water partition coefficient (Wildman–Crippen LogP) is 3.00. The average Bonchev–Trinajstić information content (AvgIpc) is 2.91. The fourth-order valence-corrected chi connectivity index (χ4v) is 2.87. The molecule has 1 aliphatic rings. The zero-order chi connectivity index (χ0) is 14.7. The van der Waals surface area contributed by atoms with E-state index >= 15 is 0 Å². The lowest BCUT2D eigenvalue weighted by Crippen LogP contribution is -2.28. The molecule has 1 aromatic carbocycles. The number of nitrogens with one attached hydrogen (secondary N) is 1. The van der Waals surface area contributed by atoms with Crippen molar-refractivity contribution >= 4 is 11.6 Å². The van der Waals surface area contributed by atoms with Crippen LogP contribution in [0.3, 0.4) is 0 Å². The Hall–Kier alpha value is -1.46. The minimum absolute atomic E-state index is 0.251. The number of nitrogens with zero attached hydrogens (tertiary/aromatic N) is 2. The molecule has 4 nitrogen and oxygen atoms in total. The van der Waals surface area contributed by atoms with Crippen molar-refractivity contribution in [1.82, 2.24) is 15.5 Å². The lowest BCUT2D eigenvalue weighted by molar-refractivity contribution is 0.312. The Morgan fingerprint density at radius 2 is 2.14 bits per heavy atom. The smallest absolute Gasteiger partial charge is 0.226 e. The van der Waals surface area contributed by atoms with Gasteiger partial charge in [-0.1, -0.05) is 22.8 Å². The van der Waals surface area contributed by atoms with E-state index in [4.69, 9.17) is 16.1 Å². The van der Waals surface area contributed by atoms with E-state index in [2.05, 4.69) is 15.5 Å². The fourth-order valence-electron chi connectivity index (χ4n) is 2.64. The van der Waals surface area contributed by atoms with E-state index in [9.17, 15) is 4.39 Å². The quantitative estimate of drug-likeness (QED) is 0.943. The van der Waals surface area contributed by atoms with Crippen LogP contribution in [0.15, 0.2) is 22.7 Å². The maximum absolute atomic E-state index is 13.7. The van der Waals surface area contributed by atoms with Gasteiger partial charge >= 0.3 is 0 Å². The molecule has 21 heavy (non-hydrogen) atoms. The van der Waals surface area contributed by atoms with Gasteiger partial charge in [-0.05, 0) is 44.0 Å². The van der Waals surface area contributed by atoms with Gasteiger partial charge in [0.2, 0.25) is 5.89 Å². The number of piperidine rings is 1. The number of halogens is 2. The monoisotopic (exact) mass is 309 g/mol. The van der Waals surface area contributed by atoms with Crippen LogP contribution in [0.1, 0.15) is 30.1 Å². The molecule has 0 unspecified atom stereocenters. The third kappa shape index (κ3) is 3.60. The van der Waals surface area contributed by atoms with Crippen LogP contribution >= 0.6 is 11.6 Å². The van der Waals surface area contributed by atoms with E-state index in [0.717, 1.165) is 32.4 Å². The van der Waals surface area contributed by atoms with Gasteiger partial charge in [0.05, 0.1) is 0 Å². The van der Waals surface area contributed by atoms with Crippen LogP contribution in [0.2, 0.25) is 5.02 Å². The molecule has 0 radical (unpaired) electrons. The minimum Gasteiger partial charge on any atom is -0.339 e. The van der Waals surface area contributed by atoms with Crippen molar-refractivity contribution in [2.45, 2.75) is 25.7 Å². The number of hydrogen-bond donors (Lipinski definition) is 1. The topological polar surface area (TPSA) is 51.0 Å². The first-order chi connectivity index (χ1) is 10.2. The summed E-state index contributed by atoms with van der Waals surface area (Å²) in [5.41, 5.74) is 0.411. The van der Waals surface area contributed by atoms with E-state index in [0.29, 0.717) is 28.2 Å². The average molecular weight is 310 g/mol. The summed E-state index contributed by atoms with van der Waals surface area (Å²) >= 11 is 6.01. The van der Waals surface area contributed by atoms with Crippen LogP contribution in [0.25, 0.3) is 0 Å². The highest BCUT2D eigenvalue weighted by atomic mass is 35.5. The van der Waals surface area contributed by atoms with Gasteiger partial charge in [0.1, 0.15) is 5.82 Å². The second kappa shape index (κ2) is 6.54. The van der Waals surface area contributed by atoms with Crippen molar-refractivity contribution in [3.8, 4) is 0 Å². The fraction of sp³-hybridized carbons (Fsp3) is 0.467. The van der Waals surface area contributed by atoms with Gasteiger partial charge in [-0.25, -0.2) is 4.39 Å². The predicted molar refractivity (Wildman–Crippen MR) is 77.8 cm³/mol. The molecule has 112 valence electrons. The number of rotatable bonds is 4. The molecule has 1 aromatic heterocycles. The van der Waals surface area contributed by atoms with Crippen molar-refractivity contribution in [3.05, 3.63) is 46.3 Å². The Morgan fingerprint density at radius 1 is 1.33 bits per heavy atom. The van der Waals surface area contributed by atoms with Crippen molar-refractivity contribution in [3.63, 3.8) is 0 Å². The molecule has 3 rings (SSSR count). The summed E-state index contributed by atoms with van der Waals surface area (Å²) in [7, 11) is 0. The summed E-state index contributed by atoms with van der Waals surface area (Å²) in [5.74, 6) is 1.35. The molecule has 2 heterocycles. The van der Waals surface area contributed by atoms with Crippen molar-refractivity contribution in [2.75, 3.05) is 13.1 Å². The van der Waals surface area contributed by atoms with Crippen LogP contribution in [-0.2, 0) is 12.8 Å². The van der Waals surface area contributed by atoms with Crippen LogP contribution in [0, 0.1) is 11.7 Å². The van der Waals surface area contributed by atoms with Gasteiger partial charge in [-0.2, -0.15) is 4.98 Å². The Morgan fingerprint density at radius 3 is 2.90 bits per heavy atom. The van der Waals surface area contributed by atoms with Gasteiger partial charge < -0.3 is 9.84 Å². The Labute approximate surface area is 127 Å². The van der Waals surface area contributed by atoms with Gasteiger partial charge in [0, 0.05) is 23.4 Å². The number of benzene rings is 1. The van der Waals surface area contributed by atoms with Gasteiger partial charge in [0.25, 0.3) is 0 Å². The van der Waals surface area contributed by atoms with Gasteiger partial charge in [-0.3, -0.25) is 0 Å². The summed E-state index contributed by atoms with van der Waals surface area (Å²) in [5, 5.41) is 7.65. The zero-order valence-corrected chi connectivity index (χ0v) is 12.4. The van der Waals surface area contributed by atoms with Crippen LogP contribution in [0.5, 0.6) is 0 Å². The van der Waals surface area contributed by atoms with Crippen molar-refractivity contribution in [2.24, 2.45) is 5.92 Å². The van der Waals surface area contributed by atoms with E-state index < -0.39 is 0 Å². The summed E-state index contributed by atoms with van der Waals surface area (Å²) in [4.78, 5) is 4.36. The second-order valence-electron chi connectivity index (χ2n) is 5.38. The van der Waals surface area contributed by atoms with Crippen LogP contribution < -0.4 is 5.32 Å². The maximum atomic E-state index is 13.7. The van der Waals surface area contributed by atoms with Crippen LogP contribution in [0.4, 0.5) is 4.39 Å². The Kier molecular flexibility index (Phi) is 4.51. The Bertz CT molecular complexity index is 590. The molecule has 0 atom stereocenters. The first-order valence-electron chi connectivity index (χ1n) is 7.17. The normalized spacial score (nSPS) is 16.3. The minimum atomic E-state index is -0.341. The number of aromatic nitrogens is 2. The first kappa shape index (κ1) is 14.5. The Balaban J connectivity index is 1.67. The molecule has 6 heteroatoms. The van der Waals surface area contributed by atoms with Gasteiger partial charge in [0.15, 0.2) is 5.82 Å². The molecule has 0 aliphatic carbocycles. The highest BCUT2D eigenvalue weighted by Crippen LogP contribution is 2.22. The zero-order valence-electron chi connectivity index (χ0n) is 11.6. The third-order valence-corrected chi connectivity index (χ3v) is 4.18. The standard InChI is InChI=1S/C15H17ClFN3O/c16-12-2-1-3-13(17)11(12)9-14-19-15(21-20-14)8-10-4-6-18-7-5-10/h1-3,10,18H,4-9H2. The van der Waals surface area contributed by atoms with Crippen molar-refractivity contribution in [1.29, 1.82) is 0 Å². The third-order valence-electron chi connectivity index (χ3n) is 3.83. The second-order valence-corrected chi connectivity index (χ2v) is 5.79. The molecule has 2 aromatic rings. The van der Waals surface area contributed by atoms with E-state index in [1.54, 1.807) is 12.1 Å². The molecule has 0 spiro atoms. The largest absolute Gasteiger partial charge is 0.339 e. The first-order valence-corrected chi connectivity index (χ1v) is 7.55.